The quantitative estimate of drug-likeness (QED) is 0.711. The van der Waals surface area contributed by atoms with Crippen molar-refractivity contribution in [2.24, 2.45) is 0 Å². The molecule has 2 heterocycles. The second kappa shape index (κ2) is 7.37. The molecule has 0 radical (unpaired) electrons. The van der Waals surface area contributed by atoms with Crippen LogP contribution in [0.2, 0.25) is 5.02 Å². The number of anilines is 1. The Morgan fingerprint density at radius 3 is 2.56 bits per heavy atom. The average Bonchev–Trinajstić information content (AvgIpc) is 2.61. The number of carbonyl (C=O) groups is 1. The molecule has 0 fully saturated rings. The highest BCUT2D eigenvalue weighted by atomic mass is 35.5. The largest absolute Gasteiger partial charge is 0.290 e. The smallest absolute Gasteiger partial charge is 0.259 e. The molecule has 1 aromatic carbocycles. The predicted molar refractivity (Wildman–Crippen MR) is 100 cm³/mol. The molecular formula is C17H14ClN5O3S. The predicted octanol–water partition coefficient (Wildman–Crippen LogP) is 2.55. The third-order valence-electron chi connectivity index (χ3n) is 3.51. The normalized spacial score (nSPS) is 11.2. The fourth-order valence-corrected chi connectivity index (χ4v) is 3.22. The van der Waals surface area contributed by atoms with Crippen LogP contribution in [0.25, 0.3) is 11.4 Å². The van der Waals surface area contributed by atoms with E-state index in [-0.39, 0.29) is 21.4 Å². The summed E-state index contributed by atoms with van der Waals surface area (Å²) in [5, 5.41) is 2.56. The van der Waals surface area contributed by atoms with Gasteiger partial charge >= 0.3 is 0 Å². The van der Waals surface area contributed by atoms with Crippen LogP contribution in [0.5, 0.6) is 0 Å². The van der Waals surface area contributed by atoms with E-state index in [1.807, 2.05) is 0 Å². The van der Waals surface area contributed by atoms with E-state index in [1.165, 1.54) is 18.2 Å². The zero-order valence-electron chi connectivity index (χ0n) is 14.3. The van der Waals surface area contributed by atoms with Crippen molar-refractivity contribution in [2.75, 3.05) is 11.6 Å². The summed E-state index contributed by atoms with van der Waals surface area (Å²) >= 11 is 6.07. The fourth-order valence-electron chi connectivity index (χ4n) is 2.24. The molecule has 2 aromatic heterocycles. The Hall–Kier alpha value is -2.91. The number of hydrogen-bond donors (Lipinski definition) is 1. The maximum atomic E-state index is 12.5. The Morgan fingerprint density at radius 2 is 1.93 bits per heavy atom. The number of halogens is 1. The number of rotatable bonds is 4. The van der Waals surface area contributed by atoms with Crippen molar-refractivity contribution in [3.63, 3.8) is 0 Å². The number of aryl methyl sites for hydroxylation is 1. The van der Waals surface area contributed by atoms with Gasteiger partial charge in [0.1, 0.15) is 5.82 Å². The summed E-state index contributed by atoms with van der Waals surface area (Å²) in [5.41, 5.74) is 0.777. The van der Waals surface area contributed by atoms with E-state index in [9.17, 15) is 13.2 Å². The summed E-state index contributed by atoms with van der Waals surface area (Å²) in [6.45, 7) is 1.67. The minimum absolute atomic E-state index is 0.00804. The summed E-state index contributed by atoms with van der Waals surface area (Å²) in [5.74, 6) is 0.263. The first-order chi connectivity index (χ1) is 12.7. The van der Waals surface area contributed by atoms with Gasteiger partial charge in [-0.1, -0.05) is 11.6 Å². The molecule has 10 heteroatoms. The zero-order valence-corrected chi connectivity index (χ0v) is 15.9. The third-order valence-corrected chi connectivity index (χ3v) is 4.93. The fraction of sp³-hybridized carbons (Fsp3) is 0.118. The highest BCUT2D eigenvalue weighted by Crippen LogP contribution is 2.22. The lowest BCUT2D eigenvalue weighted by Gasteiger charge is -2.08. The minimum atomic E-state index is -3.42. The van der Waals surface area contributed by atoms with Crippen molar-refractivity contribution in [3.8, 4) is 11.4 Å². The first-order valence-electron chi connectivity index (χ1n) is 7.68. The van der Waals surface area contributed by atoms with Crippen LogP contribution in [-0.2, 0) is 9.84 Å². The van der Waals surface area contributed by atoms with E-state index < -0.39 is 15.7 Å². The van der Waals surface area contributed by atoms with Gasteiger partial charge in [-0.3, -0.25) is 15.1 Å². The van der Waals surface area contributed by atoms with Gasteiger partial charge in [-0.2, -0.15) is 9.97 Å². The Labute approximate surface area is 160 Å². The number of sulfone groups is 1. The van der Waals surface area contributed by atoms with E-state index in [0.29, 0.717) is 17.2 Å². The first kappa shape index (κ1) is 18.9. The van der Waals surface area contributed by atoms with E-state index in [2.05, 4.69) is 25.3 Å². The van der Waals surface area contributed by atoms with E-state index >= 15 is 0 Å². The van der Waals surface area contributed by atoms with Crippen molar-refractivity contribution >= 4 is 33.3 Å². The summed E-state index contributed by atoms with van der Waals surface area (Å²) in [4.78, 5) is 29.1. The molecule has 0 unspecified atom stereocenters. The van der Waals surface area contributed by atoms with Crippen LogP contribution in [-0.4, -0.2) is 40.5 Å². The highest BCUT2D eigenvalue weighted by Gasteiger charge is 2.16. The topological polar surface area (TPSA) is 115 Å². The molecule has 0 aliphatic heterocycles. The van der Waals surface area contributed by atoms with Crippen molar-refractivity contribution in [3.05, 3.63) is 59.1 Å². The van der Waals surface area contributed by atoms with Gasteiger partial charge in [0.05, 0.1) is 15.5 Å². The van der Waals surface area contributed by atoms with Gasteiger partial charge in [0.2, 0.25) is 5.95 Å². The second-order valence-corrected chi connectivity index (χ2v) is 8.06. The van der Waals surface area contributed by atoms with Crippen molar-refractivity contribution in [1.29, 1.82) is 0 Å². The Balaban J connectivity index is 1.90. The van der Waals surface area contributed by atoms with Crippen LogP contribution in [0, 0.1) is 6.92 Å². The summed E-state index contributed by atoms with van der Waals surface area (Å²) in [6, 6.07) is 7.41. The van der Waals surface area contributed by atoms with Crippen molar-refractivity contribution in [2.45, 2.75) is 11.8 Å². The van der Waals surface area contributed by atoms with Gasteiger partial charge in [0.25, 0.3) is 5.91 Å². The van der Waals surface area contributed by atoms with Crippen LogP contribution in [0.4, 0.5) is 5.95 Å². The number of nitrogens with zero attached hydrogens (tertiary/aromatic N) is 4. The molecule has 0 aliphatic carbocycles. The molecule has 3 aromatic rings. The lowest BCUT2D eigenvalue weighted by atomic mass is 10.2. The van der Waals surface area contributed by atoms with E-state index in [0.717, 1.165) is 6.26 Å². The van der Waals surface area contributed by atoms with Gasteiger partial charge in [-0.25, -0.2) is 13.4 Å². The summed E-state index contributed by atoms with van der Waals surface area (Å²) in [6.07, 6.45) is 4.29. The molecule has 0 atom stereocenters. The Bertz CT molecular complexity index is 1120. The summed E-state index contributed by atoms with van der Waals surface area (Å²) < 4.78 is 23.2. The van der Waals surface area contributed by atoms with Crippen LogP contribution in [0.15, 0.2) is 47.6 Å². The maximum Gasteiger partial charge on any atom is 0.259 e. The summed E-state index contributed by atoms with van der Waals surface area (Å²) in [7, 11) is -3.42. The number of pyridine rings is 1. The zero-order chi connectivity index (χ0) is 19.6. The van der Waals surface area contributed by atoms with Crippen LogP contribution in [0.1, 0.15) is 16.2 Å². The van der Waals surface area contributed by atoms with Crippen molar-refractivity contribution < 1.29 is 13.2 Å². The number of amides is 1. The molecule has 0 saturated heterocycles. The molecule has 138 valence electrons. The minimum Gasteiger partial charge on any atom is -0.290 e. The lowest BCUT2D eigenvalue weighted by molar-refractivity contribution is 0.102. The van der Waals surface area contributed by atoms with Crippen LogP contribution < -0.4 is 5.32 Å². The molecular weight excluding hydrogens is 390 g/mol. The Kier molecular flexibility index (Phi) is 5.15. The molecule has 0 bridgehead atoms. The first-order valence-corrected chi connectivity index (χ1v) is 9.95. The SMILES string of the molecule is Cc1nc(NC(=O)c2ccc(S(C)(=O)=O)cc2Cl)nc(-c2cccnc2)n1. The van der Waals surface area contributed by atoms with Gasteiger partial charge in [-0.15, -0.1) is 0 Å². The molecule has 8 nitrogen and oxygen atoms in total. The molecule has 0 spiro atoms. The third kappa shape index (κ3) is 4.44. The van der Waals surface area contributed by atoms with E-state index in [4.69, 9.17) is 11.6 Å². The number of benzene rings is 1. The lowest BCUT2D eigenvalue weighted by Crippen LogP contribution is -2.16. The van der Waals surface area contributed by atoms with Crippen molar-refractivity contribution in [1.82, 2.24) is 19.9 Å². The van der Waals surface area contributed by atoms with E-state index in [1.54, 1.807) is 31.5 Å². The molecule has 27 heavy (non-hydrogen) atoms. The molecule has 0 aliphatic rings. The number of carbonyl (C=O) groups excluding carboxylic acids is 1. The number of aromatic nitrogens is 4. The van der Waals surface area contributed by atoms with Gasteiger partial charge in [0.15, 0.2) is 15.7 Å². The second-order valence-electron chi connectivity index (χ2n) is 5.64. The molecule has 0 saturated carbocycles. The van der Waals surface area contributed by atoms with Crippen LogP contribution in [0.3, 0.4) is 0 Å². The van der Waals surface area contributed by atoms with Gasteiger partial charge in [-0.05, 0) is 37.3 Å². The van der Waals surface area contributed by atoms with Gasteiger partial charge in [0, 0.05) is 24.2 Å². The highest BCUT2D eigenvalue weighted by molar-refractivity contribution is 7.90. The van der Waals surface area contributed by atoms with Crippen LogP contribution >= 0.6 is 11.6 Å². The molecule has 3 rings (SSSR count). The molecule has 1 amide bonds. The van der Waals surface area contributed by atoms with Gasteiger partial charge < -0.3 is 0 Å². The average molecular weight is 404 g/mol. The standard InChI is InChI=1S/C17H14ClN5O3S/c1-10-20-15(11-4-3-7-19-9-11)22-17(21-10)23-16(24)13-6-5-12(8-14(13)18)27(2,25)26/h3-9H,1-2H3,(H,20,21,22,23,24). The monoisotopic (exact) mass is 403 g/mol. The molecule has 1 N–H and O–H groups in total. The maximum absolute atomic E-state index is 12.5. The Morgan fingerprint density at radius 1 is 1.15 bits per heavy atom. The number of hydrogen-bond acceptors (Lipinski definition) is 7. The number of nitrogens with one attached hydrogen (secondary N) is 1.